The minimum Gasteiger partial charge on any atom is -0.462 e. The summed E-state index contributed by atoms with van der Waals surface area (Å²) in [5, 5.41) is 30.9. The van der Waals surface area contributed by atoms with Gasteiger partial charge in [0.2, 0.25) is 0 Å². The van der Waals surface area contributed by atoms with E-state index >= 15 is 0 Å². The molecule has 4 N–H and O–H groups in total. The Labute approximate surface area is 360 Å². The number of unbranched alkanes of at least 4 members (excludes halogenated alkanes) is 9. The van der Waals surface area contributed by atoms with Crippen LogP contribution < -0.4 is 0 Å². The fraction of sp³-hybridized carbons (Fsp3) is 0.660. The van der Waals surface area contributed by atoms with Crippen molar-refractivity contribution in [3.8, 4) is 0 Å². The first-order valence-electron chi connectivity index (χ1n) is 22.1. The van der Waals surface area contributed by atoms with Crippen LogP contribution in [0.15, 0.2) is 85.1 Å². The third-order valence-corrected chi connectivity index (χ3v) is 10.2. The van der Waals surface area contributed by atoms with E-state index in [0.717, 1.165) is 77.0 Å². The van der Waals surface area contributed by atoms with Gasteiger partial charge in [-0.05, 0) is 83.5 Å². The number of hydrogen-bond acceptors (Lipinski definition) is 11. The van der Waals surface area contributed by atoms with E-state index in [2.05, 4.69) is 86.8 Å². The minimum atomic E-state index is -4.62. The molecule has 1 heterocycles. The number of rotatable bonds is 35. The minimum absolute atomic E-state index is 0.0795. The van der Waals surface area contributed by atoms with Crippen molar-refractivity contribution >= 4 is 22.1 Å². The molecule has 1 saturated heterocycles. The summed E-state index contributed by atoms with van der Waals surface area (Å²) in [4.78, 5) is 25.4. The number of carbonyl (C=O) groups is 2. The average molecular weight is 865 g/mol. The first kappa shape index (κ1) is 54.8. The lowest BCUT2D eigenvalue weighted by Gasteiger charge is -2.40. The lowest BCUT2D eigenvalue weighted by Crippen LogP contribution is -2.60. The fourth-order valence-corrected chi connectivity index (χ4v) is 6.73. The highest BCUT2D eigenvalue weighted by Gasteiger charge is 2.46. The summed E-state index contributed by atoms with van der Waals surface area (Å²) in [6, 6.07) is 0. The summed E-state index contributed by atoms with van der Waals surface area (Å²) >= 11 is 0. The molecular weight excluding hydrogens is 789 g/mol. The van der Waals surface area contributed by atoms with Gasteiger partial charge in [-0.1, -0.05) is 131 Å². The molecule has 1 aliphatic rings. The van der Waals surface area contributed by atoms with Crippen molar-refractivity contribution in [2.75, 3.05) is 19.0 Å². The molecule has 1 rings (SSSR count). The highest BCUT2D eigenvalue weighted by molar-refractivity contribution is 7.85. The third kappa shape index (κ3) is 30.8. The van der Waals surface area contributed by atoms with Gasteiger partial charge in [0.25, 0.3) is 10.1 Å². The van der Waals surface area contributed by atoms with Crippen LogP contribution in [-0.4, -0.2) is 96.0 Å². The van der Waals surface area contributed by atoms with Gasteiger partial charge in [-0.15, -0.1) is 0 Å². The maximum Gasteiger partial charge on any atom is 0.306 e. The van der Waals surface area contributed by atoms with Gasteiger partial charge < -0.3 is 34.3 Å². The predicted molar refractivity (Wildman–Crippen MR) is 238 cm³/mol. The van der Waals surface area contributed by atoms with Crippen molar-refractivity contribution in [2.45, 2.75) is 179 Å². The van der Waals surface area contributed by atoms with Crippen LogP contribution in [0.5, 0.6) is 0 Å². The number of hydrogen-bond donors (Lipinski definition) is 4. The average Bonchev–Trinajstić information content (AvgIpc) is 3.21. The summed E-state index contributed by atoms with van der Waals surface area (Å²) in [7, 11) is -4.62. The molecule has 0 saturated carbocycles. The second-order valence-corrected chi connectivity index (χ2v) is 16.5. The van der Waals surface area contributed by atoms with Crippen molar-refractivity contribution in [1.82, 2.24) is 0 Å². The van der Waals surface area contributed by atoms with E-state index in [-0.39, 0.29) is 19.4 Å². The van der Waals surface area contributed by atoms with Gasteiger partial charge in [-0.3, -0.25) is 14.1 Å². The van der Waals surface area contributed by atoms with Gasteiger partial charge in [0, 0.05) is 12.8 Å². The Kier molecular flexibility index (Phi) is 33.3. The lowest BCUT2D eigenvalue weighted by atomic mass is 10.00. The molecule has 0 aromatic heterocycles. The van der Waals surface area contributed by atoms with E-state index in [4.69, 9.17) is 18.9 Å². The topological polar surface area (TPSA) is 186 Å². The zero-order valence-electron chi connectivity index (χ0n) is 36.3. The van der Waals surface area contributed by atoms with Crippen LogP contribution in [0.1, 0.15) is 142 Å². The lowest BCUT2D eigenvalue weighted by molar-refractivity contribution is -0.297. The molecule has 0 spiro atoms. The Balaban J connectivity index is 2.53. The van der Waals surface area contributed by atoms with E-state index in [1.165, 1.54) is 19.3 Å². The van der Waals surface area contributed by atoms with E-state index in [1.807, 2.05) is 12.2 Å². The molecule has 0 aliphatic carbocycles. The number of ether oxygens (including phenoxy) is 4. The largest absolute Gasteiger partial charge is 0.462 e. The standard InChI is InChI=1S/C47H76O12S/c1-3-5-7-9-11-13-15-17-19-20-22-24-26-28-30-32-34-36-43(49)58-40(38-57-47-46(52)45(51)44(50)41(59-47)39-60(53,54)55)37-56-42(48)35-33-31-29-27-25-23-21-18-16-14-12-10-8-6-4-2/h6,8,11-14,17-19,21-22,24,28,30,40-41,44-47,50-52H,3-5,7,9-10,15-16,20,23,25-27,29,31-39H2,1-2H3,(H,53,54,55)/b8-6+,13-11+,14-12+,19-17+,21-18+,24-22+,30-28+/t40-,41-,44-,45?,46?,47+/m1/s1. The van der Waals surface area contributed by atoms with Crippen LogP contribution in [0.4, 0.5) is 0 Å². The van der Waals surface area contributed by atoms with Gasteiger partial charge >= 0.3 is 11.9 Å². The molecule has 0 aromatic carbocycles. The molecule has 2 unspecified atom stereocenters. The van der Waals surface area contributed by atoms with E-state index in [9.17, 15) is 37.9 Å². The summed E-state index contributed by atoms with van der Waals surface area (Å²) in [5.41, 5.74) is 0. The molecule has 1 aliphatic heterocycles. The number of allylic oxidation sites excluding steroid dienone is 14. The second-order valence-electron chi connectivity index (χ2n) is 15.0. The fourth-order valence-electron chi connectivity index (χ4n) is 6.03. The van der Waals surface area contributed by atoms with Crippen LogP contribution in [0.25, 0.3) is 0 Å². The number of aliphatic hydroxyl groups excluding tert-OH is 3. The molecule has 12 nitrogen and oxygen atoms in total. The SMILES string of the molecule is CC/C=C/C/C=C/C/C=C/CCCCCCCC(=O)OC[C@H](CO[C@H]1O[C@H](CS(=O)(=O)O)[C@@H](O)C(O)C1O)OC(=O)CCC/C=C/C/C=C/C/C=C/C/C=C/CCCCC. The zero-order valence-corrected chi connectivity index (χ0v) is 37.1. The van der Waals surface area contributed by atoms with Crippen molar-refractivity contribution in [2.24, 2.45) is 0 Å². The molecule has 1 fully saturated rings. The maximum atomic E-state index is 12.8. The molecule has 0 amide bonds. The van der Waals surface area contributed by atoms with E-state index in [1.54, 1.807) is 0 Å². The van der Waals surface area contributed by atoms with Crippen LogP contribution in [-0.2, 0) is 38.7 Å². The van der Waals surface area contributed by atoms with Gasteiger partial charge in [0.1, 0.15) is 36.8 Å². The summed E-state index contributed by atoms with van der Waals surface area (Å²) in [6.07, 6.45) is 37.7. The smallest absolute Gasteiger partial charge is 0.306 e. The monoisotopic (exact) mass is 865 g/mol. The summed E-state index contributed by atoms with van der Waals surface area (Å²) in [6.45, 7) is 3.54. The predicted octanol–water partition coefficient (Wildman–Crippen LogP) is 8.89. The normalized spacial score (nSPS) is 20.9. The van der Waals surface area contributed by atoms with E-state index in [0.29, 0.717) is 19.3 Å². The number of aliphatic hydroxyl groups is 3. The second kappa shape index (κ2) is 36.5. The Morgan fingerprint density at radius 2 is 1.07 bits per heavy atom. The highest BCUT2D eigenvalue weighted by atomic mass is 32.2. The van der Waals surface area contributed by atoms with Crippen LogP contribution in [0.2, 0.25) is 0 Å². The number of esters is 2. The molecule has 6 atom stereocenters. The molecular formula is C47H76O12S. The zero-order chi connectivity index (χ0) is 44.1. The van der Waals surface area contributed by atoms with Gasteiger partial charge in [0.05, 0.1) is 6.61 Å². The first-order chi connectivity index (χ1) is 29.0. The quantitative estimate of drug-likeness (QED) is 0.0206. The number of carbonyl (C=O) groups excluding carboxylic acids is 2. The molecule has 0 aromatic rings. The Morgan fingerprint density at radius 1 is 0.583 bits per heavy atom. The molecule has 0 bridgehead atoms. The maximum absolute atomic E-state index is 12.8. The molecule has 342 valence electrons. The Hall–Kier alpha value is -3.17. The molecule has 60 heavy (non-hydrogen) atoms. The van der Waals surface area contributed by atoms with Crippen molar-refractivity contribution in [3.63, 3.8) is 0 Å². The van der Waals surface area contributed by atoms with Crippen LogP contribution in [0, 0.1) is 0 Å². The van der Waals surface area contributed by atoms with Gasteiger partial charge in [-0.2, -0.15) is 8.42 Å². The summed E-state index contributed by atoms with van der Waals surface area (Å²) in [5.74, 6) is -2.09. The van der Waals surface area contributed by atoms with Crippen molar-refractivity contribution in [3.05, 3.63) is 85.1 Å². The van der Waals surface area contributed by atoms with Crippen molar-refractivity contribution in [1.29, 1.82) is 0 Å². The Bertz CT molecular complexity index is 1430. The van der Waals surface area contributed by atoms with Crippen LogP contribution in [0.3, 0.4) is 0 Å². The summed E-state index contributed by atoms with van der Waals surface area (Å²) < 4.78 is 53.9. The molecule has 13 heteroatoms. The molecule has 0 radical (unpaired) electrons. The van der Waals surface area contributed by atoms with Crippen molar-refractivity contribution < 1.29 is 56.8 Å². The third-order valence-electron chi connectivity index (χ3n) is 9.46. The van der Waals surface area contributed by atoms with Gasteiger partial charge in [-0.25, -0.2) is 0 Å². The van der Waals surface area contributed by atoms with Gasteiger partial charge in [0.15, 0.2) is 12.4 Å². The highest BCUT2D eigenvalue weighted by Crippen LogP contribution is 2.24. The van der Waals surface area contributed by atoms with E-state index < -0.39 is 71.2 Å². The first-order valence-corrected chi connectivity index (χ1v) is 23.8. The Morgan fingerprint density at radius 3 is 1.62 bits per heavy atom. The van der Waals surface area contributed by atoms with Crippen LogP contribution >= 0.6 is 0 Å².